The number of hydrogen-bond acceptors (Lipinski definition) is 16. The zero-order chi connectivity index (χ0) is 51.6. The van der Waals surface area contributed by atoms with Crippen LogP contribution in [0.25, 0.3) is 0 Å². The van der Waals surface area contributed by atoms with Crippen molar-refractivity contribution in [3.63, 3.8) is 0 Å². The van der Waals surface area contributed by atoms with Gasteiger partial charge in [-0.3, -0.25) is 25.0 Å². The molecule has 0 aromatic heterocycles. The number of methoxy groups -OCH3 is 1. The van der Waals surface area contributed by atoms with E-state index in [0.29, 0.717) is 38.7 Å². The summed E-state index contributed by atoms with van der Waals surface area (Å²) >= 11 is 0. The van der Waals surface area contributed by atoms with E-state index in [-0.39, 0.29) is 76.2 Å². The Morgan fingerprint density at radius 1 is 0.789 bits per heavy atom. The Morgan fingerprint density at radius 2 is 1.39 bits per heavy atom. The second-order valence-electron chi connectivity index (χ2n) is 19.5. The number of carbonyl (C=O) groups is 3. The van der Waals surface area contributed by atoms with Crippen LogP contribution >= 0.6 is 0 Å². The van der Waals surface area contributed by atoms with Crippen molar-refractivity contribution in [1.82, 2.24) is 0 Å². The Hall–Kier alpha value is -5.86. The van der Waals surface area contributed by atoms with Gasteiger partial charge < -0.3 is 33.2 Å². The van der Waals surface area contributed by atoms with Crippen LogP contribution in [0.3, 0.4) is 0 Å². The molecule has 10 atom stereocenters. The molecule has 3 saturated heterocycles. The van der Waals surface area contributed by atoms with Crippen molar-refractivity contribution in [3.05, 3.63) is 135 Å². The molecular weight excluding hydrogens is 941 g/mol. The van der Waals surface area contributed by atoms with E-state index in [1.165, 1.54) is 43.5 Å². The summed E-state index contributed by atoms with van der Waals surface area (Å²) in [5.74, 6) is -3.11. The normalized spacial score (nSPS) is 25.1. The Balaban J connectivity index is 1.18. The lowest BCUT2D eigenvalue weighted by molar-refractivity contribution is -0.385. The van der Waals surface area contributed by atoms with E-state index in [1.54, 1.807) is 18.2 Å². The van der Waals surface area contributed by atoms with Crippen LogP contribution in [0, 0.1) is 37.5 Å². The third-order valence-electron chi connectivity index (χ3n) is 13.2. The number of rotatable bonds is 22. The number of non-ortho nitro benzene ring substituents is 2. The molecule has 0 aliphatic carbocycles. The van der Waals surface area contributed by atoms with Gasteiger partial charge in [0.25, 0.3) is 11.4 Å². The molecule has 0 spiro atoms. The van der Waals surface area contributed by atoms with Crippen molar-refractivity contribution in [2.24, 2.45) is 17.3 Å². The van der Waals surface area contributed by atoms with Gasteiger partial charge in [-0.15, -0.1) is 0 Å². The second-order valence-corrected chi connectivity index (χ2v) is 21.6. The van der Waals surface area contributed by atoms with E-state index in [2.05, 4.69) is 20.1 Å². The number of nitro groups is 2. The van der Waals surface area contributed by atoms with Gasteiger partial charge in [-0.25, -0.2) is 18.0 Å². The number of benzene rings is 3. The molecule has 18 nitrogen and oxygen atoms in total. The highest BCUT2D eigenvalue weighted by Crippen LogP contribution is 2.41. The highest BCUT2D eigenvalue weighted by atomic mass is 32.2. The fourth-order valence-corrected chi connectivity index (χ4v) is 10.9. The summed E-state index contributed by atoms with van der Waals surface area (Å²) in [4.78, 5) is 60.4. The molecule has 0 bridgehead atoms. The van der Waals surface area contributed by atoms with E-state index in [0.717, 1.165) is 41.8 Å². The monoisotopic (exact) mass is 1000 g/mol. The quantitative estimate of drug-likeness (QED) is 0.0228. The molecule has 0 amide bonds. The van der Waals surface area contributed by atoms with E-state index < -0.39 is 80.1 Å². The lowest BCUT2D eigenvalue weighted by Crippen LogP contribution is -2.40. The summed E-state index contributed by atoms with van der Waals surface area (Å²) < 4.78 is 71.2. The van der Waals surface area contributed by atoms with Crippen LogP contribution in [0.5, 0.6) is 0 Å². The predicted octanol–water partition coefficient (Wildman–Crippen LogP) is 8.75. The zero-order valence-corrected chi connectivity index (χ0v) is 41.6. The maximum atomic E-state index is 14.1. The first kappa shape index (κ1) is 54.5. The van der Waals surface area contributed by atoms with Crippen LogP contribution in [0.2, 0.25) is 0 Å². The van der Waals surface area contributed by atoms with Crippen molar-refractivity contribution in [1.29, 1.82) is 0 Å². The second kappa shape index (κ2) is 24.0. The maximum Gasteiger partial charge on any atom is 0.338 e. The van der Waals surface area contributed by atoms with Crippen molar-refractivity contribution < 1.29 is 65.8 Å². The highest BCUT2D eigenvalue weighted by molar-refractivity contribution is 7.91. The van der Waals surface area contributed by atoms with Crippen molar-refractivity contribution >= 4 is 39.1 Å². The van der Waals surface area contributed by atoms with Crippen LogP contribution in [-0.4, -0.2) is 111 Å². The van der Waals surface area contributed by atoms with Gasteiger partial charge in [0.1, 0.15) is 12.7 Å². The topological polar surface area (TPSA) is 236 Å². The molecule has 0 N–H and O–H groups in total. The van der Waals surface area contributed by atoms with Crippen LogP contribution in [0.15, 0.2) is 108 Å². The molecule has 3 aromatic rings. The van der Waals surface area contributed by atoms with Gasteiger partial charge in [-0.2, -0.15) is 0 Å². The van der Waals surface area contributed by atoms with Crippen molar-refractivity contribution in [2.75, 3.05) is 26.1 Å². The number of carbonyl (C=O) groups excluding carboxylic acids is 3. The Morgan fingerprint density at radius 3 is 1.99 bits per heavy atom. The van der Waals surface area contributed by atoms with Crippen LogP contribution < -0.4 is 0 Å². The average Bonchev–Trinajstić information content (AvgIpc) is 3.86. The predicted molar refractivity (Wildman–Crippen MR) is 259 cm³/mol. The molecule has 3 aliphatic rings. The van der Waals surface area contributed by atoms with E-state index in [9.17, 15) is 43.0 Å². The van der Waals surface area contributed by atoms with E-state index >= 15 is 0 Å². The molecule has 0 radical (unpaired) electrons. The lowest BCUT2D eigenvalue weighted by Gasteiger charge is -2.38. The number of nitro benzene ring substituents is 2. The molecule has 384 valence electrons. The van der Waals surface area contributed by atoms with Gasteiger partial charge in [0.05, 0.1) is 86.4 Å². The zero-order valence-electron chi connectivity index (χ0n) is 40.8. The highest BCUT2D eigenvalue weighted by Gasteiger charge is 2.49. The van der Waals surface area contributed by atoms with Crippen molar-refractivity contribution in [3.8, 4) is 0 Å². The summed E-state index contributed by atoms with van der Waals surface area (Å²) in [6.07, 6.45) is -0.535. The Bertz CT molecular complexity index is 2490. The lowest BCUT2D eigenvalue weighted by atomic mass is 9.83. The third-order valence-corrected chi connectivity index (χ3v) is 15.0. The van der Waals surface area contributed by atoms with Crippen LogP contribution in [0.4, 0.5) is 11.4 Å². The van der Waals surface area contributed by atoms with E-state index in [4.69, 9.17) is 33.2 Å². The SMILES string of the molecule is C=C1C[C@H](CCCOC(=O)C(C)(C)C)O[C@H]1CC[C@H]1C[C@@H](C)C(=C)[C@@H](C[C@@H]2O[C@H](C[C@@H](COC(=O)c3ccc([N+](=O)[O-])cc3)OC(=O)c3ccc([N+](=O)[O-])cc3)[C@H](OC)[C@H]2CS(=O)(=O)c2ccccc2)O1. The first-order valence-corrected chi connectivity index (χ1v) is 25.5. The van der Waals surface area contributed by atoms with Crippen LogP contribution in [-0.2, 0) is 47.8 Å². The minimum absolute atomic E-state index is 0.00741. The van der Waals surface area contributed by atoms with Crippen molar-refractivity contribution in [2.45, 2.75) is 133 Å². The minimum atomic E-state index is -3.93. The van der Waals surface area contributed by atoms with Gasteiger partial charge in [0, 0.05) is 50.1 Å². The molecule has 6 rings (SSSR count). The average molecular weight is 1010 g/mol. The molecule has 3 aliphatic heterocycles. The maximum absolute atomic E-state index is 14.1. The summed E-state index contributed by atoms with van der Waals surface area (Å²) in [5.41, 5.74) is 0.734. The standard InChI is InChI=1S/C52H64N2O16S/c1-32-26-40(23-24-44-33(2)27-39(67-44)12-11-25-65-51(57)52(4,5)6)68-45(34(32)3)29-46-43(31-71(62,63)42-13-9-8-10-14-42)48(64-7)47(70-46)28-41(69-50(56)36-17-21-38(22-18-36)54(60)61)30-66-49(55)35-15-19-37(20-16-35)53(58)59/h8-10,13-22,32,39-41,43-48H,2-3,11-12,23-31H2,1,4-7H3/t32-,39+,40+,41+,43+,44+,45-,46+,47-,48-/m1/s1. The fraction of sp³-hybridized carbons (Fsp3) is 0.519. The summed E-state index contributed by atoms with van der Waals surface area (Å²) in [6, 6.07) is 17.5. The molecule has 3 heterocycles. The number of hydrogen-bond donors (Lipinski definition) is 0. The third kappa shape index (κ3) is 14.6. The van der Waals surface area contributed by atoms with E-state index in [1.807, 2.05) is 20.8 Å². The molecule has 0 saturated carbocycles. The molecule has 3 fully saturated rings. The van der Waals surface area contributed by atoms with Gasteiger partial charge in [-0.1, -0.05) is 38.3 Å². The molecule has 19 heteroatoms. The smallest absolute Gasteiger partial charge is 0.338 e. The summed E-state index contributed by atoms with van der Waals surface area (Å²) in [6.45, 7) is 16.0. The largest absolute Gasteiger partial charge is 0.465 e. The molecule has 71 heavy (non-hydrogen) atoms. The molecule has 3 aromatic carbocycles. The first-order chi connectivity index (χ1) is 33.6. The van der Waals surface area contributed by atoms with Gasteiger partial charge in [0.2, 0.25) is 0 Å². The number of sulfone groups is 1. The van der Waals surface area contributed by atoms with Crippen LogP contribution in [0.1, 0.15) is 99.8 Å². The van der Waals surface area contributed by atoms with Gasteiger partial charge >= 0.3 is 17.9 Å². The Kier molecular flexibility index (Phi) is 18.4. The number of nitrogens with zero attached hydrogens (tertiary/aromatic N) is 2. The number of esters is 3. The summed E-state index contributed by atoms with van der Waals surface area (Å²) in [7, 11) is -2.50. The summed E-state index contributed by atoms with van der Waals surface area (Å²) in [5, 5.41) is 22.5. The number of ether oxygens (including phenoxy) is 7. The molecule has 0 unspecified atom stereocenters. The Labute approximate surface area is 414 Å². The first-order valence-electron chi connectivity index (χ1n) is 23.8. The van der Waals surface area contributed by atoms with Gasteiger partial charge in [-0.05, 0) is 113 Å². The molecular formula is C52H64N2O16S. The van der Waals surface area contributed by atoms with Gasteiger partial charge in [0.15, 0.2) is 9.84 Å². The minimum Gasteiger partial charge on any atom is -0.465 e. The fourth-order valence-electron chi connectivity index (χ4n) is 9.25.